The second-order valence-corrected chi connectivity index (χ2v) is 5.39. The lowest BCUT2D eigenvalue weighted by Gasteiger charge is -2.25. The Bertz CT molecular complexity index is 431. The lowest BCUT2D eigenvalue weighted by atomic mass is 10.1. The molecule has 0 saturated carbocycles. The second-order valence-electron chi connectivity index (χ2n) is 4.10. The van der Waals surface area contributed by atoms with Crippen molar-refractivity contribution < 1.29 is 9.94 Å². The Hall–Kier alpha value is -1.20. The van der Waals surface area contributed by atoms with E-state index in [0.717, 1.165) is 24.5 Å². The molecule has 1 aliphatic heterocycles. The third kappa shape index (κ3) is 2.92. The van der Waals surface area contributed by atoms with Crippen LogP contribution in [0.3, 0.4) is 0 Å². The number of hydrogen-bond donors (Lipinski definition) is 2. The van der Waals surface area contributed by atoms with Crippen LogP contribution in [0, 0.1) is 6.92 Å². The summed E-state index contributed by atoms with van der Waals surface area (Å²) in [5, 5.41) is 12.2. The molecule has 0 atom stereocenters. The Balaban J connectivity index is 2.03. The Kier molecular flexibility index (Phi) is 3.91. The van der Waals surface area contributed by atoms with E-state index in [2.05, 4.69) is 5.16 Å². The Labute approximate surface area is 105 Å². The summed E-state index contributed by atoms with van der Waals surface area (Å²) in [5.41, 5.74) is 8.76. The first-order valence-electron chi connectivity index (χ1n) is 5.47. The predicted octanol–water partition coefficient (Wildman–Crippen LogP) is 1.72. The highest BCUT2D eigenvalue weighted by molar-refractivity contribution is 7.99. The molecule has 1 fully saturated rings. The van der Waals surface area contributed by atoms with Crippen LogP contribution in [0.25, 0.3) is 0 Å². The number of hydrogen-bond acceptors (Lipinski definition) is 4. The zero-order valence-electron chi connectivity index (χ0n) is 9.72. The van der Waals surface area contributed by atoms with Crippen molar-refractivity contribution in [3.63, 3.8) is 0 Å². The third-order valence-electron chi connectivity index (χ3n) is 2.83. The van der Waals surface area contributed by atoms with Gasteiger partial charge < -0.3 is 15.7 Å². The molecule has 0 radical (unpaired) electrons. The molecule has 0 spiro atoms. The summed E-state index contributed by atoms with van der Waals surface area (Å²) in [7, 11) is 0. The lowest BCUT2D eigenvalue weighted by molar-refractivity contribution is 0.0455. The number of amidine groups is 1. The quantitative estimate of drug-likeness (QED) is 0.370. The number of nitrogens with two attached hydrogens (primary N) is 1. The summed E-state index contributed by atoms with van der Waals surface area (Å²) >= 11 is 1.91. The molecule has 0 bridgehead atoms. The number of benzene rings is 1. The molecule has 0 amide bonds. The molecule has 1 heterocycles. The number of rotatable bonds is 4. The molecular formula is C12H16N2O2S. The highest BCUT2D eigenvalue weighted by atomic mass is 32.2. The summed E-state index contributed by atoms with van der Waals surface area (Å²) in [5.74, 6) is 1.13. The van der Waals surface area contributed by atoms with Crippen molar-refractivity contribution >= 4 is 17.6 Å². The number of nitrogens with zero attached hydrogens (tertiary/aromatic N) is 1. The largest absolute Gasteiger partial charge is 0.409 e. The van der Waals surface area contributed by atoms with E-state index in [1.165, 1.54) is 11.1 Å². The topological polar surface area (TPSA) is 67.8 Å². The predicted molar refractivity (Wildman–Crippen MR) is 69.6 cm³/mol. The van der Waals surface area contributed by atoms with Crippen LogP contribution in [-0.4, -0.2) is 29.5 Å². The van der Waals surface area contributed by atoms with E-state index in [1.54, 1.807) is 0 Å². The Morgan fingerprint density at radius 3 is 2.88 bits per heavy atom. The molecule has 0 aliphatic carbocycles. The van der Waals surface area contributed by atoms with Gasteiger partial charge >= 0.3 is 0 Å². The van der Waals surface area contributed by atoms with Gasteiger partial charge in [0.2, 0.25) is 0 Å². The van der Waals surface area contributed by atoms with Crippen LogP contribution in [0.15, 0.2) is 23.4 Å². The van der Waals surface area contributed by atoms with Crippen LogP contribution < -0.4 is 5.73 Å². The fourth-order valence-electron chi connectivity index (χ4n) is 1.59. The van der Waals surface area contributed by atoms with Gasteiger partial charge in [-0.15, -0.1) is 11.8 Å². The Morgan fingerprint density at radius 2 is 2.35 bits per heavy atom. The summed E-state index contributed by atoms with van der Waals surface area (Å²) in [4.78, 5) is 0. The molecule has 1 saturated heterocycles. The van der Waals surface area contributed by atoms with Gasteiger partial charge in [0.05, 0.1) is 18.5 Å². The van der Waals surface area contributed by atoms with Gasteiger partial charge in [0.1, 0.15) is 0 Å². The van der Waals surface area contributed by atoms with E-state index in [4.69, 9.17) is 15.7 Å². The molecular weight excluding hydrogens is 236 g/mol. The standard InChI is InChI=1S/C12H16N2O2S/c1-8-4-9(12(13)14-15)2-3-10(8)7-17-11-5-16-6-11/h2-4,11,15H,5-7H2,1H3,(H2,13,14). The zero-order valence-corrected chi connectivity index (χ0v) is 10.5. The monoisotopic (exact) mass is 252 g/mol. The van der Waals surface area contributed by atoms with Gasteiger partial charge in [-0.2, -0.15) is 0 Å². The number of thioether (sulfide) groups is 1. The fraction of sp³-hybridized carbons (Fsp3) is 0.417. The van der Waals surface area contributed by atoms with Gasteiger partial charge in [-0.1, -0.05) is 17.3 Å². The first kappa shape index (κ1) is 12.3. The summed E-state index contributed by atoms with van der Waals surface area (Å²) in [6.07, 6.45) is 0. The maximum absolute atomic E-state index is 8.61. The normalized spacial score (nSPS) is 16.9. The van der Waals surface area contributed by atoms with Gasteiger partial charge in [-0.3, -0.25) is 0 Å². The number of oxime groups is 1. The van der Waals surface area contributed by atoms with Gasteiger partial charge in [0, 0.05) is 11.3 Å². The van der Waals surface area contributed by atoms with E-state index in [1.807, 2.05) is 36.9 Å². The summed E-state index contributed by atoms with van der Waals surface area (Å²) in [6.45, 7) is 3.78. The maximum Gasteiger partial charge on any atom is 0.170 e. The molecule has 5 heteroatoms. The molecule has 1 aliphatic rings. The van der Waals surface area contributed by atoms with Crippen molar-refractivity contribution in [2.45, 2.75) is 17.9 Å². The van der Waals surface area contributed by atoms with Gasteiger partial charge in [-0.25, -0.2) is 0 Å². The first-order valence-corrected chi connectivity index (χ1v) is 6.52. The molecule has 0 aromatic heterocycles. The average molecular weight is 252 g/mol. The van der Waals surface area contributed by atoms with Gasteiger partial charge in [0.15, 0.2) is 5.84 Å². The van der Waals surface area contributed by atoms with Crippen molar-refractivity contribution in [3.05, 3.63) is 34.9 Å². The number of aryl methyl sites for hydroxylation is 1. The van der Waals surface area contributed by atoms with Crippen LogP contribution in [0.2, 0.25) is 0 Å². The molecule has 4 nitrogen and oxygen atoms in total. The third-order valence-corrected chi connectivity index (χ3v) is 4.05. The van der Waals surface area contributed by atoms with Crippen molar-refractivity contribution in [1.82, 2.24) is 0 Å². The molecule has 3 N–H and O–H groups in total. The SMILES string of the molecule is Cc1cc(/C(N)=N/O)ccc1CSC1COC1. The maximum atomic E-state index is 8.61. The van der Waals surface area contributed by atoms with E-state index < -0.39 is 0 Å². The number of ether oxygens (including phenoxy) is 1. The lowest BCUT2D eigenvalue weighted by Crippen LogP contribution is -2.30. The fourth-order valence-corrected chi connectivity index (χ4v) is 2.72. The molecule has 1 aromatic carbocycles. The first-order chi connectivity index (χ1) is 8.20. The average Bonchev–Trinajstić information content (AvgIpc) is 2.28. The van der Waals surface area contributed by atoms with E-state index >= 15 is 0 Å². The minimum atomic E-state index is 0.152. The Morgan fingerprint density at radius 1 is 1.59 bits per heavy atom. The van der Waals surface area contributed by atoms with E-state index in [0.29, 0.717) is 5.25 Å². The van der Waals surface area contributed by atoms with Crippen LogP contribution in [0.5, 0.6) is 0 Å². The van der Waals surface area contributed by atoms with E-state index in [9.17, 15) is 0 Å². The zero-order chi connectivity index (χ0) is 12.3. The van der Waals surface area contributed by atoms with Crippen LogP contribution >= 0.6 is 11.8 Å². The molecule has 92 valence electrons. The second kappa shape index (κ2) is 5.42. The summed E-state index contributed by atoms with van der Waals surface area (Å²) < 4.78 is 5.14. The molecule has 2 rings (SSSR count). The highest BCUT2D eigenvalue weighted by Crippen LogP contribution is 2.25. The van der Waals surface area contributed by atoms with Crippen molar-refractivity contribution in [2.24, 2.45) is 10.9 Å². The smallest absolute Gasteiger partial charge is 0.170 e. The van der Waals surface area contributed by atoms with Crippen LogP contribution in [0.4, 0.5) is 0 Å². The molecule has 1 aromatic rings. The molecule has 17 heavy (non-hydrogen) atoms. The minimum Gasteiger partial charge on any atom is -0.409 e. The highest BCUT2D eigenvalue weighted by Gasteiger charge is 2.18. The molecule has 0 unspecified atom stereocenters. The van der Waals surface area contributed by atoms with Crippen molar-refractivity contribution in [1.29, 1.82) is 0 Å². The minimum absolute atomic E-state index is 0.152. The van der Waals surface area contributed by atoms with Crippen LogP contribution in [-0.2, 0) is 10.5 Å². The van der Waals surface area contributed by atoms with Crippen molar-refractivity contribution in [3.8, 4) is 0 Å². The summed E-state index contributed by atoms with van der Waals surface area (Å²) in [6, 6.07) is 5.87. The van der Waals surface area contributed by atoms with Gasteiger partial charge in [-0.05, 0) is 24.1 Å². The van der Waals surface area contributed by atoms with Crippen molar-refractivity contribution in [2.75, 3.05) is 13.2 Å². The van der Waals surface area contributed by atoms with E-state index in [-0.39, 0.29) is 5.84 Å². The van der Waals surface area contributed by atoms with Crippen LogP contribution in [0.1, 0.15) is 16.7 Å². The van der Waals surface area contributed by atoms with Gasteiger partial charge in [0.25, 0.3) is 0 Å².